The van der Waals surface area contributed by atoms with Crippen LogP contribution in [0, 0.1) is 11.3 Å². The molecule has 0 heterocycles. The zero-order valence-electron chi connectivity index (χ0n) is 14.3. The first-order chi connectivity index (χ1) is 8.84. The lowest BCUT2D eigenvalue weighted by molar-refractivity contribution is 0.144. The van der Waals surface area contributed by atoms with Crippen LogP contribution in [0.5, 0.6) is 0 Å². The molecule has 0 rings (SSSR count). The van der Waals surface area contributed by atoms with Crippen LogP contribution in [0.1, 0.15) is 47.5 Å². The van der Waals surface area contributed by atoms with E-state index in [1.807, 2.05) is 11.8 Å². The van der Waals surface area contributed by atoms with Gasteiger partial charge in [0, 0.05) is 19.1 Å². The third kappa shape index (κ3) is 8.93. The fourth-order valence-electron chi connectivity index (χ4n) is 2.22. The minimum Gasteiger partial charge on any atom is -0.316 e. The summed E-state index contributed by atoms with van der Waals surface area (Å²) in [5.41, 5.74) is 0.386. The molecule has 1 N–H and O–H groups in total. The predicted molar refractivity (Wildman–Crippen MR) is 91.2 cm³/mol. The molecule has 0 radical (unpaired) electrons. The SMILES string of the molecule is CCC(C)(CNCC(C)C)CN(C)C(C)CCSC. The molecule has 0 bridgehead atoms. The van der Waals surface area contributed by atoms with E-state index in [4.69, 9.17) is 0 Å². The molecule has 0 saturated heterocycles. The quantitative estimate of drug-likeness (QED) is 0.624. The molecule has 2 unspecified atom stereocenters. The summed E-state index contributed by atoms with van der Waals surface area (Å²) in [7, 11) is 2.28. The van der Waals surface area contributed by atoms with Crippen molar-refractivity contribution in [3.63, 3.8) is 0 Å². The Kier molecular flexibility index (Phi) is 10.2. The molecule has 0 aromatic rings. The second kappa shape index (κ2) is 10.1. The van der Waals surface area contributed by atoms with Crippen molar-refractivity contribution in [1.82, 2.24) is 10.2 Å². The molecular formula is C16H36N2S. The van der Waals surface area contributed by atoms with Crippen molar-refractivity contribution in [2.45, 2.75) is 53.5 Å². The lowest BCUT2D eigenvalue weighted by Gasteiger charge is -2.36. The topological polar surface area (TPSA) is 15.3 Å². The average molecular weight is 289 g/mol. The Balaban J connectivity index is 4.19. The molecule has 19 heavy (non-hydrogen) atoms. The normalized spacial score (nSPS) is 16.9. The van der Waals surface area contributed by atoms with Crippen LogP contribution in [0.4, 0.5) is 0 Å². The highest BCUT2D eigenvalue weighted by molar-refractivity contribution is 7.98. The molecule has 2 atom stereocenters. The lowest BCUT2D eigenvalue weighted by atomic mass is 9.86. The summed E-state index contributed by atoms with van der Waals surface area (Å²) in [5.74, 6) is 2.00. The van der Waals surface area contributed by atoms with Crippen LogP contribution < -0.4 is 5.32 Å². The summed E-state index contributed by atoms with van der Waals surface area (Å²) in [6, 6.07) is 0.684. The summed E-state index contributed by atoms with van der Waals surface area (Å²) in [6.45, 7) is 15.1. The minimum absolute atomic E-state index is 0.386. The van der Waals surface area contributed by atoms with E-state index in [1.54, 1.807) is 0 Å². The first kappa shape index (κ1) is 19.3. The number of hydrogen-bond donors (Lipinski definition) is 1. The van der Waals surface area contributed by atoms with Gasteiger partial charge >= 0.3 is 0 Å². The molecule has 0 spiro atoms. The van der Waals surface area contributed by atoms with Gasteiger partial charge in [-0.2, -0.15) is 11.8 Å². The Morgan fingerprint density at radius 2 is 1.89 bits per heavy atom. The Labute approximate surface area is 126 Å². The molecule has 0 fully saturated rings. The number of nitrogens with zero attached hydrogens (tertiary/aromatic N) is 1. The van der Waals surface area contributed by atoms with Crippen LogP contribution in [-0.4, -0.2) is 49.6 Å². The van der Waals surface area contributed by atoms with Gasteiger partial charge in [-0.1, -0.05) is 27.7 Å². The first-order valence-corrected chi connectivity index (χ1v) is 9.14. The number of rotatable bonds is 11. The molecule has 0 aromatic carbocycles. The van der Waals surface area contributed by atoms with Gasteiger partial charge in [0.25, 0.3) is 0 Å². The summed E-state index contributed by atoms with van der Waals surface area (Å²) >= 11 is 1.95. The average Bonchev–Trinajstić information content (AvgIpc) is 2.35. The molecule has 0 saturated carbocycles. The Bertz CT molecular complexity index is 221. The van der Waals surface area contributed by atoms with E-state index in [2.05, 4.69) is 58.1 Å². The van der Waals surface area contributed by atoms with E-state index < -0.39 is 0 Å². The van der Waals surface area contributed by atoms with Crippen molar-refractivity contribution >= 4 is 11.8 Å². The van der Waals surface area contributed by atoms with Crippen LogP contribution >= 0.6 is 11.8 Å². The third-order valence-corrected chi connectivity index (χ3v) is 4.73. The Hall–Kier alpha value is 0.270. The second-order valence-corrected chi connectivity index (χ2v) is 7.72. The van der Waals surface area contributed by atoms with Crippen LogP contribution in [-0.2, 0) is 0 Å². The third-order valence-electron chi connectivity index (χ3n) is 4.08. The van der Waals surface area contributed by atoms with Gasteiger partial charge in [0.1, 0.15) is 0 Å². The van der Waals surface area contributed by atoms with E-state index in [-0.39, 0.29) is 0 Å². The highest BCUT2D eigenvalue weighted by atomic mass is 32.2. The molecule has 0 aromatic heterocycles. The smallest absolute Gasteiger partial charge is 0.00719 e. The van der Waals surface area contributed by atoms with E-state index in [9.17, 15) is 0 Å². The standard InChI is InChI=1S/C16H36N2S/c1-8-16(5,12-17-11-14(2)3)13-18(6)15(4)9-10-19-7/h14-15,17H,8-13H2,1-7H3. The van der Waals surface area contributed by atoms with Gasteiger partial charge in [-0.25, -0.2) is 0 Å². The maximum atomic E-state index is 3.63. The molecule has 0 aliphatic heterocycles. The lowest BCUT2D eigenvalue weighted by Crippen LogP contribution is -2.44. The van der Waals surface area contributed by atoms with E-state index in [0.717, 1.165) is 19.0 Å². The van der Waals surface area contributed by atoms with Crippen LogP contribution in [0.15, 0.2) is 0 Å². The summed E-state index contributed by atoms with van der Waals surface area (Å²) in [6.07, 6.45) is 4.72. The van der Waals surface area contributed by atoms with Crippen molar-refractivity contribution in [2.75, 3.05) is 38.7 Å². The monoisotopic (exact) mass is 288 g/mol. The van der Waals surface area contributed by atoms with Crippen LogP contribution in [0.25, 0.3) is 0 Å². The molecule has 0 aliphatic carbocycles. The summed E-state index contributed by atoms with van der Waals surface area (Å²) < 4.78 is 0. The first-order valence-electron chi connectivity index (χ1n) is 7.74. The highest BCUT2D eigenvalue weighted by Crippen LogP contribution is 2.23. The largest absolute Gasteiger partial charge is 0.316 e. The number of thioether (sulfide) groups is 1. The van der Waals surface area contributed by atoms with Crippen LogP contribution in [0.3, 0.4) is 0 Å². The van der Waals surface area contributed by atoms with Gasteiger partial charge in [-0.3, -0.25) is 0 Å². The van der Waals surface area contributed by atoms with Gasteiger partial charge in [-0.05, 0) is 56.7 Å². The maximum Gasteiger partial charge on any atom is 0.00719 e. The fraction of sp³-hybridized carbons (Fsp3) is 1.00. The fourth-order valence-corrected chi connectivity index (χ4v) is 2.80. The van der Waals surface area contributed by atoms with Gasteiger partial charge in [0.15, 0.2) is 0 Å². The summed E-state index contributed by atoms with van der Waals surface area (Å²) in [5, 5.41) is 3.63. The van der Waals surface area contributed by atoms with E-state index in [0.29, 0.717) is 11.5 Å². The second-order valence-electron chi connectivity index (χ2n) is 6.73. The Morgan fingerprint density at radius 3 is 2.37 bits per heavy atom. The predicted octanol–water partition coefficient (Wildman–Crippen LogP) is 3.72. The molecule has 0 amide bonds. The van der Waals surface area contributed by atoms with Gasteiger partial charge in [0.05, 0.1) is 0 Å². The minimum atomic E-state index is 0.386. The van der Waals surface area contributed by atoms with Crippen LogP contribution in [0.2, 0.25) is 0 Å². The molecule has 3 heteroatoms. The van der Waals surface area contributed by atoms with Crippen molar-refractivity contribution < 1.29 is 0 Å². The maximum absolute atomic E-state index is 3.63. The van der Waals surface area contributed by atoms with E-state index in [1.165, 1.54) is 25.1 Å². The number of hydrogen-bond acceptors (Lipinski definition) is 3. The summed E-state index contributed by atoms with van der Waals surface area (Å²) in [4.78, 5) is 2.54. The zero-order valence-corrected chi connectivity index (χ0v) is 15.1. The van der Waals surface area contributed by atoms with Gasteiger partial charge in [0.2, 0.25) is 0 Å². The van der Waals surface area contributed by atoms with Crippen molar-refractivity contribution in [3.8, 4) is 0 Å². The molecular weight excluding hydrogens is 252 g/mol. The zero-order chi connectivity index (χ0) is 14.9. The van der Waals surface area contributed by atoms with Gasteiger partial charge in [-0.15, -0.1) is 0 Å². The number of nitrogens with one attached hydrogen (secondary N) is 1. The molecule has 116 valence electrons. The highest BCUT2D eigenvalue weighted by Gasteiger charge is 2.25. The molecule has 0 aliphatic rings. The van der Waals surface area contributed by atoms with Crippen molar-refractivity contribution in [2.24, 2.45) is 11.3 Å². The van der Waals surface area contributed by atoms with E-state index >= 15 is 0 Å². The molecule has 2 nitrogen and oxygen atoms in total. The van der Waals surface area contributed by atoms with Crippen molar-refractivity contribution in [1.29, 1.82) is 0 Å². The van der Waals surface area contributed by atoms with Gasteiger partial charge < -0.3 is 10.2 Å². The van der Waals surface area contributed by atoms with Crippen molar-refractivity contribution in [3.05, 3.63) is 0 Å². The Morgan fingerprint density at radius 1 is 1.26 bits per heavy atom.